The molecule has 0 amide bonds. The van der Waals surface area contributed by atoms with E-state index in [0.717, 1.165) is 46.9 Å². The largest absolute Gasteiger partial charge is 0.378 e. The summed E-state index contributed by atoms with van der Waals surface area (Å²) in [6.45, 7) is 2.91. The predicted molar refractivity (Wildman–Crippen MR) is 131 cm³/mol. The molecule has 8 heteroatoms. The van der Waals surface area contributed by atoms with E-state index in [9.17, 15) is 0 Å². The van der Waals surface area contributed by atoms with Crippen LogP contribution in [-0.4, -0.2) is 45.8 Å². The first-order valence-electron chi connectivity index (χ1n) is 11.4. The monoisotopic (exact) mass is 460 g/mol. The molecule has 0 bridgehead atoms. The van der Waals surface area contributed by atoms with E-state index in [2.05, 4.69) is 38.0 Å². The summed E-state index contributed by atoms with van der Waals surface area (Å²) in [6, 6.07) is 16.6. The topological polar surface area (TPSA) is 68.1 Å². The number of morpholine rings is 1. The normalized spacial score (nSPS) is 16.7. The fraction of sp³-hybridized carbons (Fsp3) is 0.320. The van der Waals surface area contributed by atoms with Gasteiger partial charge in [-0.15, -0.1) is 0 Å². The van der Waals surface area contributed by atoms with E-state index in [1.54, 1.807) is 0 Å². The summed E-state index contributed by atoms with van der Waals surface area (Å²) >= 11 is 6.06. The van der Waals surface area contributed by atoms with Crippen LogP contribution in [0.2, 0.25) is 5.02 Å². The van der Waals surface area contributed by atoms with Gasteiger partial charge < -0.3 is 19.5 Å². The third-order valence-corrected chi connectivity index (χ3v) is 6.72. The van der Waals surface area contributed by atoms with Crippen molar-refractivity contribution in [2.45, 2.75) is 25.3 Å². The Morgan fingerprint density at radius 2 is 1.79 bits per heavy atom. The molecule has 3 heterocycles. The third-order valence-electron chi connectivity index (χ3n) is 6.46. The van der Waals surface area contributed by atoms with Gasteiger partial charge in [0.1, 0.15) is 5.82 Å². The average Bonchev–Trinajstić information content (AvgIpc) is 3.23. The molecule has 1 aliphatic carbocycles. The van der Waals surface area contributed by atoms with Gasteiger partial charge in [-0.2, -0.15) is 4.98 Å². The maximum Gasteiger partial charge on any atom is 0.228 e. The molecule has 0 spiro atoms. The Hall–Kier alpha value is -3.16. The van der Waals surface area contributed by atoms with Gasteiger partial charge in [-0.25, -0.2) is 9.97 Å². The van der Waals surface area contributed by atoms with Crippen molar-refractivity contribution in [2.24, 2.45) is 0 Å². The number of aromatic nitrogens is 4. The molecule has 1 aliphatic heterocycles. The van der Waals surface area contributed by atoms with Crippen LogP contribution in [0.1, 0.15) is 25.3 Å². The SMILES string of the molecule is Clc1ccc(Nc2cc(-c3ccc4ncn(C5CCC5)c4c3)nc(N3CCOCC3)n2)cc1. The number of halogens is 1. The van der Waals surface area contributed by atoms with Crippen LogP contribution in [0.3, 0.4) is 0 Å². The first-order valence-corrected chi connectivity index (χ1v) is 11.8. The van der Waals surface area contributed by atoms with Gasteiger partial charge in [0.05, 0.1) is 36.3 Å². The van der Waals surface area contributed by atoms with Crippen LogP contribution in [0.5, 0.6) is 0 Å². The molecule has 1 saturated carbocycles. The molecule has 33 heavy (non-hydrogen) atoms. The van der Waals surface area contributed by atoms with Gasteiger partial charge in [-0.3, -0.25) is 0 Å². The van der Waals surface area contributed by atoms with Gasteiger partial charge >= 0.3 is 0 Å². The number of nitrogens with zero attached hydrogens (tertiary/aromatic N) is 5. The summed E-state index contributed by atoms with van der Waals surface area (Å²) in [5, 5.41) is 4.12. The van der Waals surface area contributed by atoms with E-state index in [-0.39, 0.29) is 0 Å². The zero-order valence-corrected chi connectivity index (χ0v) is 19.0. The van der Waals surface area contributed by atoms with Crippen molar-refractivity contribution < 1.29 is 4.74 Å². The van der Waals surface area contributed by atoms with Gasteiger partial charge in [0.15, 0.2) is 0 Å². The quantitative estimate of drug-likeness (QED) is 0.427. The van der Waals surface area contributed by atoms with E-state index in [0.29, 0.717) is 30.2 Å². The number of imidazole rings is 1. The number of ether oxygens (including phenoxy) is 1. The Labute approximate surface area is 197 Å². The Kier molecular flexibility index (Phi) is 5.36. The number of anilines is 3. The molecule has 2 fully saturated rings. The lowest BCUT2D eigenvalue weighted by Gasteiger charge is -2.28. The van der Waals surface area contributed by atoms with E-state index in [1.165, 1.54) is 19.3 Å². The van der Waals surface area contributed by atoms with Crippen LogP contribution >= 0.6 is 11.6 Å². The lowest BCUT2D eigenvalue weighted by atomic mass is 9.93. The Balaban J connectivity index is 1.41. The number of hydrogen-bond donors (Lipinski definition) is 1. The minimum Gasteiger partial charge on any atom is -0.378 e. The minimum absolute atomic E-state index is 0.557. The van der Waals surface area contributed by atoms with Gasteiger partial charge in [0, 0.05) is 41.5 Å². The van der Waals surface area contributed by atoms with E-state index < -0.39 is 0 Å². The lowest BCUT2D eigenvalue weighted by Crippen LogP contribution is -2.37. The molecular formula is C25H25ClN6O. The van der Waals surface area contributed by atoms with Crippen LogP contribution in [-0.2, 0) is 4.74 Å². The van der Waals surface area contributed by atoms with Crippen LogP contribution in [0, 0.1) is 0 Å². The number of rotatable bonds is 5. The highest BCUT2D eigenvalue weighted by Gasteiger charge is 2.22. The molecule has 2 aromatic heterocycles. The molecule has 2 aromatic carbocycles. The molecule has 1 N–H and O–H groups in total. The summed E-state index contributed by atoms with van der Waals surface area (Å²) in [7, 11) is 0. The van der Waals surface area contributed by atoms with Crippen LogP contribution in [0.15, 0.2) is 54.9 Å². The standard InChI is InChI=1S/C25H25ClN6O/c26-18-5-7-19(8-6-18)28-24-15-22(29-25(30-24)31-10-12-33-13-11-31)17-4-9-21-23(14-17)32(16-27-21)20-2-1-3-20/h4-9,14-16,20H,1-3,10-13H2,(H,28,29,30). The molecule has 1 saturated heterocycles. The van der Waals surface area contributed by atoms with Crippen molar-refractivity contribution in [1.82, 2.24) is 19.5 Å². The zero-order chi connectivity index (χ0) is 22.2. The first kappa shape index (κ1) is 20.4. The summed E-state index contributed by atoms with van der Waals surface area (Å²) in [6.07, 6.45) is 5.71. The van der Waals surface area contributed by atoms with E-state index in [1.807, 2.05) is 36.7 Å². The van der Waals surface area contributed by atoms with E-state index >= 15 is 0 Å². The summed E-state index contributed by atoms with van der Waals surface area (Å²) < 4.78 is 7.85. The van der Waals surface area contributed by atoms with Gasteiger partial charge in [0.2, 0.25) is 5.95 Å². The molecular weight excluding hydrogens is 436 g/mol. The van der Waals surface area contributed by atoms with Crippen LogP contribution in [0.25, 0.3) is 22.3 Å². The third kappa shape index (κ3) is 4.14. The van der Waals surface area contributed by atoms with Crippen LogP contribution in [0.4, 0.5) is 17.5 Å². The first-order chi connectivity index (χ1) is 16.2. The van der Waals surface area contributed by atoms with Gasteiger partial charge in [-0.05, 0) is 55.7 Å². The minimum atomic E-state index is 0.557. The smallest absolute Gasteiger partial charge is 0.228 e. The molecule has 7 nitrogen and oxygen atoms in total. The molecule has 2 aliphatic rings. The fourth-order valence-corrected chi connectivity index (χ4v) is 4.50. The molecule has 6 rings (SSSR count). The second-order valence-electron chi connectivity index (χ2n) is 8.61. The van der Waals surface area contributed by atoms with Crippen LogP contribution < -0.4 is 10.2 Å². The van der Waals surface area contributed by atoms with Crippen molar-refractivity contribution >= 4 is 40.1 Å². The van der Waals surface area contributed by atoms with Gasteiger partial charge in [0.25, 0.3) is 0 Å². The predicted octanol–water partition coefficient (Wildman–Crippen LogP) is 5.45. The highest BCUT2D eigenvalue weighted by molar-refractivity contribution is 6.30. The second-order valence-corrected chi connectivity index (χ2v) is 9.05. The average molecular weight is 461 g/mol. The molecule has 4 aromatic rings. The number of nitrogens with one attached hydrogen (secondary N) is 1. The Bertz CT molecular complexity index is 1280. The fourth-order valence-electron chi connectivity index (χ4n) is 4.37. The summed E-state index contributed by atoms with van der Waals surface area (Å²) in [5.74, 6) is 1.45. The van der Waals surface area contributed by atoms with E-state index in [4.69, 9.17) is 26.3 Å². The maximum absolute atomic E-state index is 6.06. The van der Waals surface area contributed by atoms with Crippen molar-refractivity contribution in [3.8, 4) is 11.3 Å². The van der Waals surface area contributed by atoms with Gasteiger partial charge in [-0.1, -0.05) is 17.7 Å². The highest BCUT2D eigenvalue weighted by atomic mass is 35.5. The summed E-state index contributed by atoms with van der Waals surface area (Å²) in [5.41, 5.74) is 5.05. The second kappa shape index (κ2) is 8.65. The molecule has 0 unspecified atom stereocenters. The Morgan fingerprint density at radius 3 is 2.55 bits per heavy atom. The lowest BCUT2D eigenvalue weighted by molar-refractivity contribution is 0.122. The van der Waals surface area contributed by atoms with Crippen molar-refractivity contribution in [1.29, 1.82) is 0 Å². The van der Waals surface area contributed by atoms with Crippen molar-refractivity contribution in [2.75, 3.05) is 36.5 Å². The van der Waals surface area contributed by atoms with Crippen molar-refractivity contribution in [3.05, 3.63) is 59.9 Å². The number of fused-ring (bicyclic) bond motifs is 1. The zero-order valence-electron chi connectivity index (χ0n) is 18.2. The van der Waals surface area contributed by atoms with Crippen molar-refractivity contribution in [3.63, 3.8) is 0 Å². The highest BCUT2D eigenvalue weighted by Crippen LogP contribution is 2.35. The number of hydrogen-bond acceptors (Lipinski definition) is 6. The molecule has 0 atom stereocenters. The number of benzene rings is 2. The summed E-state index contributed by atoms with van der Waals surface area (Å²) in [4.78, 5) is 16.6. The maximum atomic E-state index is 6.06. The molecule has 0 radical (unpaired) electrons. The Morgan fingerprint density at radius 1 is 0.970 bits per heavy atom. The molecule has 168 valence electrons.